The highest BCUT2D eigenvalue weighted by atomic mass is 32.2. The minimum Gasteiger partial charge on any atom is -0.378 e. The lowest BCUT2D eigenvalue weighted by Gasteiger charge is -2.27. The zero-order valence-corrected chi connectivity index (χ0v) is 21.9. The highest BCUT2D eigenvalue weighted by Crippen LogP contribution is 2.33. The van der Waals surface area contributed by atoms with Crippen molar-refractivity contribution in [1.82, 2.24) is 9.88 Å². The summed E-state index contributed by atoms with van der Waals surface area (Å²) in [6.07, 6.45) is 0. The number of nitrogens with zero attached hydrogens (tertiary/aromatic N) is 2. The maximum atomic E-state index is 13.2. The third kappa shape index (κ3) is 5.46. The Hall–Kier alpha value is -3.20. The zero-order chi connectivity index (χ0) is 25.1. The fraction of sp³-hybridized carbons (Fsp3) is 0.250. The molecule has 1 N–H and O–H groups in total. The first-order valence-electron chi connectivity index (χ1n) is 11.8. The van der Waals surface area contributed by atoms with Crippen LogP contribution in [0.3, 0.4) is 0 Å². The summed E-state index contributed by atoms with van der Waals surface area (Å²) in [6.45, 7) is 6.33. The molecule has 0 saturated carbocycles. The van der Waals surface area contributed by atoms with Gasteiger partial charge in [0.1, 0.15) is 0 Å². The van der Waals surface area contributed by atoms with Crippen LogP contribution in [0.2, 0.25) is 0 Å². The molecule has 3 aromatic carbocycles. The second kappa shape index (κ2) is 10.8. The minimum atomic E-state index is -0.305. The van der Waals surface area contributed by atoms with Crippen LogP contribution in [0.4, 0.5) is 5.69 Å². The summed E-state index contributed by atoms with van der Waals surface area (Å²) in [6, 6.07) is 19.2. The van der Waals surface area contributed by atoms with Crippen LogP contribution in [-0.4, -0.2) is 48.0 Å². The molecule has 0 unspecified atom stereocenters. The number of carbonyl (C=O) groups is 2. The molecule has 4 aromatic rings. The van der Waals surface area contributed by atoms with Crippen LogP contribution in [0.25, 0.3) is 10.2 Å². The number of thioether (sulfide) groups is 1. The first kappa shape index (κ1) is 24.5. The van der Waals surface area contributed by atoms with Gasteiger partial charge in [-0.25, -0.2) is 4.98 Å². The molecule has 36 heavy (non-hydrogen) atoms. The molecular weight excluding hydrogens is 490 g/mol. The average Bonchev–Trinajstić information content (AvgIpc) is 3.30. The van der Waals surface area contributed by atoms with Crippen molar-refractivity contribution in [1.29, 1.82) is 0 Å². The van der Waals surface area contributed by atoms with Gasteiger partial charge >= 0.3 is 0 Å². The third-order valence-corrected chi connectivity index (χ3v) is 8.39. The number of ether oxygens (including phenoxy) is 1. The van der Waals surface area contributed by atoms with Crippen LogP contribution in [0, 0.1) is 13.8 Å². The van der Waals surface area contributed by atoms with E-state index in [0.29, 0.717) is 43.1 Å². The van der Waals surface area contributed by atoms with E-state index >= 15 is 0 Å². The molecule has 0 radical (unpaired) electrons. The SMILES string of the molecule is Cc1ccc(CSc2nc3ccc(NC(=O)c4ccccc4C(=O)N4CCOCC4)cc3s2)c(C)c1. The number of benzene rings is 3. The number of hydrogen-bond donors (Lipinski definition) is 1. The fourth-order valence-electron chi connectivity index (χ4n) is 4.19. The van der Waals surface area contributed by atoms with Crippen LogP contribution in [0.5, 0.6) is 0 Å². The van der Waals surface area contributed by atoms with Crippen molar-refractivity contribution in [3.8, 4) is 0 Å². The standard InChI is InChI=1S/C28H27N3O3S2/c1-18-7-8-20(19(2)15-18)17-35-28-30-24-10-9-21(16-25(24)36-28)29-26(32)22-5-3-4-6-23(22)27(33)31-11-13-34-14-12-31/h3-10,15-16H,11-14,17H2,1-2H3,(H,29,32). The number of hydrogen-bond acceptors (Lipinski definition) is 6. The van der Waals surface area contributed by atoms with E-state index in [1.807, 2.05) is 18.2 Å². The van der Waals surface area contributed by atoms with Crippen molar-refractivity contribution in [2.24, 2.45) is 0 Å². The van der Waals surface area contributed by atoms with Crippen molar-refractivity contribution in [2.75, 3.05) is 31.6 Å². The predicted octanol–water partition coefficient (Wildman–Crippen LogP) is 5.93. The van der Waals surface area contributed by atoms with E-state index in [9.17, 15) is 9.59 Å². The molecule has 0 atom stereocenters. The molecule has 1 saturated heterocycles. The second-order valence-corrected chi connectivity index (χ2v) is 11.0. The van der Waals surface area contributed by atoms with Crippen molar-refractivity contribution in [2.45, 2.75) is 23.9 Å². The van der Waals surface area contributed by atoms with Crippen molar-refractivity contribution >= 4 is 50.8 Å². The van der Waals surface area contributed by atoms with Crippen LogP contribution >= 0.6 is 23.1 Å². The van der Waals surface area contributed by atoms with Gasteiger partial charge in [0.2, 0.25) is 0 Å². The first-order valence-corrected chi connectivity index (χ1v) is 13.6. The summed E-state index contributed by atoms with van der Waals surface area (Å²) < 4.78 is 7.35. The Balaban J connectivity index is 1.30. The molecule has 184 valence electrons. The summed E-state index contributed by atoms with van der Waals surface area (Å²) in [4.78, 5) is 32.7. The van der Waals surface area contributed by atoms with Crippen LogP contribution in [-0.2, 0) is 10.5 Å². The van der Waals surface area contributed by atoms with Gasteiger partial charge in [-0.1, -0.05) is 47.7 Å². The van der Waals surface area contributed by atoms with Crippen LogP contribution in [0.1, 0.15) is 37.4 Å². The molecule has 2 heterocycles. The molecule has 1 aliphatic rings. The van der Waals surface area contributed by atoms with Gasteiger partial charge in [0.15, 0.2) is 4.34 Å². The van der Waals surface area contributed by atoms with Crippen LogP contribution in [0.15, 0.2) is 65.0 Å². The Morgan fingerprint density at radius 1 is 1.03 bits per heavy atom. The third-order valence-electron chi connectivity index (χ3n) is 6.18. The number of anilines is 1. The Morgan fingerprint density at radius 3 is 2.58 bits per heavy atom. The number of aromatic nitrogens is 1. The molecule has 2 amide bonds. The molecule has 8 heteroatoms. The van der Waals surface area contributed by atoms with Gasteiger partial charge in [-0.3, -0.25) is 9.59 Å². The number of aryl methyl sites for hydroxylation is 2. The first-order chi connectivity index (χ1) is 17.5. The molecule has 0 aliphatic carbocycles. The summed E-state index contributed by atoms with van der Waals surface area (Å²) in [5.74, 6) is 0.414. The molecule has 1 aliphatic heterocycles. The van der Waals surface area contributed by atoms with E-state index in [1.54, 1.807) is 52.3 Å². The van der Waals surface area contributed by atoms with Crippen molar-refractivity contribution in [3.63, 3.8) is 0 Å². The smallest absolute Gasteiger partial charge is 0.256 e. The lowest BCUT2D eigenvalue weighted by molar-refractivity contribution is 0.0302. The maximum Gasteiger partial charge on any atom is 0.256 e. The number of morpholine rings is 1. The quantitative estimate of drug-likeness (QED) is 0.321. The number of rotatable bonds is 6. The van der Waals surface area contributed by atoms with Gasteiger partial charge in [0, 0.05) is 24.5 Å². The van der Waals surface area contributed by atoms with E-state index in [1.165, 1.54) is 16.7 Å². The summed E-state index contributed by atoms with van der Waals surface area (Å²) in [7, 11) is 0. The lowest BCUT2D eigenvalue weighted by Crippen LogP contribution is -2.41. The largest absolute Gasteiger partial charge is 0.378 e. The molecule has 0 spiro atoms. The highest BCUT2D eigenvalue weighted by molar-refractivity contribution is 8.00. The molecule has 6 nitrogen and oxygen atoms in total. The lowest BCUT2D eigenvalue weighted by atomic mass is 10.0. The van der Waals surface area contributed by atoms with Crippen molar-refractivity contribution in [3.05, 3.63) is 88.5 Å². The van der Waals surface area contributed by atoms with E-state index in [4.69, 9.17) is 9.72 Å². The molecule has 1 aromatic heterocycles. The van der Waals surface area contributed by atoms with Gasteiger partial charge in [-0.2, -0.15) is 0 Å². The molecule has 1 fully saturated rings. The zero-order valence-electron chi connectivity index (χ0n) is 20.2. The summed E-state index contributed by atoms with van der Waals surface area (Å²) in [5.41, 5.74) is 6.22. The van der Waals surface area contributed by atoms with E-state index < -0.39 is 0 Å². The van der Waals surface area contributed by atoms with Gasteiger partial charge < -0.3 is 15.0 Å². The summed E-state index contributed by atoms with van der Waals surface area (Å²) >= 11 is 3.34. The normalized spacial score (nSPS) is 13.7. The Bertz CT molecular complexity index is 1430. The fourth-order valence-corrected chi connectivity index (χ4v) is 6.38. The van der Waals surface area contributed by atoms with E-state index in [-0.39, 0.29) is 11.8 Å². The number of fused-ring (bicyclic) bond motifs is 1. The Kier molecular flexibility index (Phi) is 7.36. The topological polar surface area (TPSA) is 71.5 Å². The number of amides is 2. The predicted molar refractivity (Wildman–Crippen MR) is 146 cm³/mol. The number of nitrogens with one attached hydrogen (secondary N) is 1. The number of carbonyl (C=O) groups excluding carboxylic acids is 2. The molecule has 5 rings (SSSR count). The van der Waals surface area contributed by atoms with Gasteiger partial charge in [0.05, 0.1) is 34.6 Å². The Labute approximate surface area is 218 Å². The van der Waals surface area contributed by atoms with E-state index in [2.05, 4.69) is 37.4 Å². The van der Waals surface area contributed by atoms with Gasteiger partial charge in [-0.15, -0.1) is 11.3 Å². The van der Waals surface area contributed by atoms with Gasteiger partial charge in [-0.05, 0) is 55.3 Å². The molecular formula is C28H27N3O3S2. The van der Waals surface area contributed by atoms with Gasteiger partial charge in [0.25, 0.3) is 11.8 Å². The van der Waals surface area contributed by atoms with Crippen molar-refractivity contribution < 1.29 is 14.3 Å². The Morgan fingerprint density at radius 2 is 1.81 bits per heavy atom. The highest BCUT2D eigenvalue weighted by Gasteiger charge is 2.23. The monoisotopic (exact) mass is 517 g/mol. The van der Waals surface area contributed by atoms with E-state index in [0.717, 1.165) is 20.3 Å². The average molecular weight is 518 g/mol. The maximum absolute atomic E-state index is 13.2. The molecule has 0 bridgehead atoms. The number of thiazole rings is 1. The second-order valence-electron chi connectivity index (χ2n) is 8.79. The van der Waals surface area contributed by atoms with Crippen LogP contribution < -0.4 is 5.32 Å². The minimum absolute atomic E-state index is 0.146. The summed E-state index contributed by atoms with van der Waals surface area (Å²) in [5, 5.41) is 2.97.